The predicted molar refractivity (Wildman–Crippen MR) is 61.2 cm³/mol. The van der Waals surface area contributed by atoms with E-state index in [4.69, 9.17) is 0 Å². The lowest BCUT2D eigenvalue weighted by Gasteiger charge is -2.38. The summed E-state index contributed by atoms with van der Waals surface area (Å²) in [4.78, 5) is 0. The molecule has 15 heavy (non-hydrogen) atoms. The highest BCUT2D eigenvalue weighted by Crippen LogP contribution is 2.37. The summed E-state index contributed by atoms with van der Waals surface area (Å²) in [6.45, 7) is 5.66. The Labute approximate surface area is 93.0 Å². The van der Waals surface area contributed by atoms with Gasteiger partial charge in [0.15, 0.2) is 0 Å². The van der Waals surface area contributed by atoms with E-state index in [0.717, 1.165) is 31.2 Å². The van der Waals surface area contributed by atoms with Crippen LogP contribution in [0.2, 0.25) is 0 Å². The second-order valence-electron chi connectivity index (χ2n) is 5.72. The van der Waals surface area contributed by atoms with Crippen molar-refractivity contribution in [3.05, 3.63) is 0 Å². The average Bonchev–Trinajstić information content (AvgIpc) is 3.04. The fraction of sp³-hybridized carbons (Fsp3) is 0.923. The molecule has 0 radical (unpaired) electrons. The molecule has 0 bridgehead atoms. The Bertz CT molecular complexity index is 264. The van der Waals surface area contributed by atoms with E-state index in [1.54, 1.807) is 0 Å². The number of hydrogen-bond acceptors (Lipinski definition) is 2. The molecule has 2 saturated carbocycles. The molecule has 0 amide bonds. The molecule has 0 aromatic carbocycles. The first kappa shape index (κ1) is 11.0. The van der Waals surface area contributed by atoms with Crippen LogP contribution in [0.5, 0.6) is 0 Å². The Kier molecular flexibility index (Phi) is 3.02. The maximum Gasteiger partial charge on any atom is 0.107 e. The molecule has 3 atom stereocenters. The molecule has 0 aliphatic heterocycles. The van der Waals surface area contributed by atoms with E-state index in [-0.39, 0.29) is 5.54 Å². The molecule has 2 rings (SSSR count). The third kappa shape index (κ3) is 2.52. The van der Waals surface area contributed by atoms with Crippen LogP contribution in [-0.2, 0) is 0 Å². The standard InChI is InChI=1S/C13H22N2/c1-10-5-6-13(9-14,7-11(10)2)15-8-12-3-4-12/h10-12,15H,3-8H2,1-2H3. The fourth-order valence-corrected chi connectivity index (χ4v) is 2.57. The molecule has 0 spiro atoms. The van der Waals surface area contributed by atoms with Crippen LogP contribution in [0.25, 0.3) is 0 Å². The first-order chi connectivity index (χ1) is 7.15. The smallest absolute Gasteiger partial charge is 0.107 e. The van der Waals surface area contributed by atoms with E-state index >= 15 is 0 Å². The lowest BCUT2D eigenvalue weighted by atomic mass is 9.72. The quantitative estimate of drug-likeness (QED) is 0.770. The monoisotopic (exact) mass is 206 g/mol. The van der Waals surface area contributed by atoms with Gasteiger partial charge >= 0.3 is 0 Å². The van der Waals surface area contributed by atoms with Crippen molar-refractivity contribution in [1.82, 2.24) is 5.32 Å². The number of nitrogens with one attached hydrogen (secondary N) is 1. The Balaban J connectivity index is 1.92. The van der Waals surface area contributed by atoms with Crippen LogP contribution in [0.1, 0.15) is 46.0 Å². The third-order valence-electron chi connectivity index (χ3n) is 4.31. The number of rotatable bonds is 3. The number of nitrogens with zero attached hydrogens (tertiary/aromatic N) is 1. The Hall–Kier alpha value is -0.550. The first-order valence-electron chi connectivity index (χ1n) is 6.31. The topological polar surface area (TPSA) is 35.8 Å². The van der Waals surface area contributed by atoms with Gasteiger partial charge < -0.3 is 0 Å². The van der Waals surface area contributed by atoms with Crippen LogP contribution >= 0.6 is 0 Å². The second-order valence-corrected chi connectivity index (χ2v) is 5.72. The molecule has 3 unspecified atom stereocenters. The molecule has 0 aromatic heterocycles. The molecule has 0 heterocycles. The maximum absolute atomic E-state index is 9.37. The minimum atomic E-state index is -0.200. The van der Waals surface area contributed by atoms with Crippen LogP contribution < -0.4 is 5.32 Å². The van der Waals surface area contributed by atoms with Crippen LogP contribution in [0.4, 0.5) is 0 Å². The molecule has 2 aliphatic carbocycles. The van der Waals surface area contributed by atoms with Gasteiger partial charge in [-0.3, -0.25) is 5.32 Å². The van der Waals surface area contributed by atoms with E-state index in [1.165, 1.54) is 19.3 Å². The lowest BCUT2D eigenvalue weighted by Crippen LogP contribution is -2.49. The molecule has 0 saturated heterocycles. The summed E-state index contributed by atoms with van der Waals surface area (Å²) in [5.41, 5.74) is -0.200. The van der Waals surface area contributed by atoms with Gasteiger partial charge in [-0.25, -0.2) is 0 Å². The Morgan fingerprint density at radius 1 is 1.27 bits per heavy atom. The van der Waals surface area contributed by atoms with Crippen LogP contribution in [-0.4, -0.2) is 12.1 Å². The predicted octanol–water partition coefficient (Wildman–Crippen LogP) is 2.70. The average molecular weight is 206 g/mol. The number of hydrogen-bond donors (Lipinski definition) is 1. The van der Waals surface area contributed by atoms with Crippen molar-refractivity contribution in [2.24, 2.45) is 17.8 Å². The van der Waals surface area contributed by atoms with Crippen molar-refractivity contribution in [1.29, 1.82) is 5.26 Å². The molecule has 1 N–H and O–H groups in total. The van der Waals surface area contributed by atoms with Crippen molar-refractivity contribution >= 4 is 0 Å². The first-order valence-corrected chi connectivity index (χ1v) is 6.31. The molecular weight excluding hydrogens is 184 g/mol. The zero-order chi connectivity index (χ0) is 10.9. The SMILES string of the molecule is CC1CCC(C#N)(NCC2CC2)CC1C. The highest BCUT2D eigenvalue weighted by Gasteiger charge is 2.38. The highest BCUT2D eigenvalue weighted by molar-refractivity contribution is 5.10. The Morgan fingerprint density at radius 3 is 2.53 bits per heavy atom. The van der Waals surface area contributed by atoms with Crippen molar-refractivity contribution in [2.45, 2.75) is 51.5 Å². The van der Waals surface area contributed by atoms with Gasteiger partial charge in [0, 0.05) is 0 Å². The Morgan fingerprint density at radius 2 is 2.00 bits per heavy atom. The third-order valence-corrected chi connectivity index (χ3v) is 4.31. The zero-order valence-electron chi connectivity index (χ0n) is 9.92. The second kappa shape index (κ2) is 4.14. The zero-order valence-corrected chi connectivity index (χ0v) is 9.92. The van der Waals surface area contributed by atoms with Gasteiger partial charge in [-0.05, 0) is 56.4 Å². The van der Waals surface area contributed by atoms with Gasteiger partial charge in [-0.15, -0.1) is 0 Å². The van der Waals surface area contributed by atoms with Gasteiger partial charge in [-0.1, -0.05) is 13.8 Å². The largest absolute Gasteiger partial charge is 0.299 e. The maximum atomic E-state index is 9.37. The highest BCUT2D eigenvalue weighted by atomic mass is 15.0. The summed E-state index contributed by atoms with van der Waals surface area (Å²) in [5.74, 6) is 2.34. The molecule has 2 heteroatoms. The molecule has 2 aliphatic rings. The van der Waals surface area contributed by atoms with Gasteiger partial charge in [0.05, 0.1) is 6.07 Å². The van der Waals surface area contributed by atoms with Crippen molar-refractivity contribution < 1.29 is 0 Å². The molecule has 0 aromatic rings. The van der Waals surface area contributed by atoms with Crippen LogP contribution in [0.15, 0.2) is 0 Å². The van der Waals surface area contributed by atoms with Gasteiger partial charge in [-0.2, -0.15) is 5.26 Å². The van der Waals surface area contributed by atoms with E-state index < -0.39 is 0 Å². The molecular formula is C13H22N2. The van der Waals surface area contributed by atoms with E-state index in [9.17, 15) is 5.26 Å². The van der Waals surface area contributed by atoms with E-state index in [2.05, 4.69) is 25.2 Å². The van der Waals surface area contributed by atoms with Gasteiger partial charge in [0.25, 0.3) is 0 Å². The van der Waals surface area contributed by atoms with E-state index in [0.29, 0.717) is 5.92 Å². The summed E-state index contributed by atoms with van der Waals surface area (Å²) >= 11 is 0. The summed E-state index contributed by atoms with van der Waals surface area (Å²) in [5, 5.41) is 12.9. The fourth-order valence-electron chi connectivity index (χ4n) is 2.57. The lowest BCUT2D eigenvalue weighted by molar-refractivity contribution is 0.181. The van der Waals surface area contributed by atoms with Crippen LogP contribution in [0.3, 0.4) is 0 Å². The minimum absolute atomic E-state index is 0.200. The minimum Gasteiger partial charge on any atom is -0.299 e. The van der Waals surface area contributed by atoms with Gasteiger partial charge in [0.2, 0.25) is 0 Å². The van der Waals surface area contributed by atoms with Crippen LogP contribution in [0, 0.1) is 29.1 Å². The summed E-state index contributed by atoms with van der Waals surface area (Å²) < 4.78 is 0. The molecule has 84 valence electrons. The number of nitriles is 1. The van der Waals surface area contributed by atoms with Crippen molar-refractivity contribution in [3.8, 4) is 6.07 Å². The van der Waals surface area contributed by atoms with Crippen molar-refractivity contribution in [3.63, 3.8) is 0 Å². The summed E-state index contributed by atoms with van der Waals surface area (Å²) in [7, 11) is 0. The molecule has 2 nitrogen and oxygen atoms in total. The van der Waals surface area contributed by atoms with Crippen molar-refractivity contribution in [2.75, 3.05) is 6.54 Å². The summed E-state index contributed by atoms with van der Waals surface area (Å²) in [6.07, 6.45) is 6.01. The van der Waals surface area contributed by atoms with Gasteiger partial charge in [0.1, 0.15) is 5.54 Å². The summed E-state index contributed by atoms with van der Waals surface area (Å²) in [6, 6.07) is 2.54. The molecule has 2 fully saturated rings. The van der Waals surface area contributed by atoms with E-state index in [1.807, 2.05) is 0 Å². The normalized spacial score (nSPS) is 41.1.